The summed E-state index contributed by atoms with van der Waals surface area (Å²) in [6.07, 6.45) is 0. The largest absolute Gasteiger partial charge is 0.347 e. The quantitative estimate of drug-likeness (QED) is 0.293. The van der Waals surface area contributed by atoms with Crippen LogP contribution in [0.15, 0.2) is 0 Å². The van der Waals surface area contributed by atoms with Crippen molar-refractivity contribution >= 4 is 35.1 Å². The van der Waals surface area contributed by atoms with Crippen LogP contribution in [0, 0.1) is 11.8 Å². The molecule has 0 aromatic heterocycles. The van der Waals surface area contributed by atoms with Crippen LogP contribution in [0.1, 0.15) is 0 Å². The number of rotatable bonds is 4. The third kappa shape index (κ3) is 7.96. The second-order valence-electron chi connectivity index (χ2n) is 2.66. The van der Waals surface area contributed by atoms with Gasteiger partial charge in [-0.15, -0.1) is 11.6 Å². The van der Waals surface area contributed by atoms with Crippen LogP contribution in [-0.2, 0) is 19.2 Å². The van der Waals surface area contributed by atoms with E-state index in [0.717, 1.165) is 0 Å². The molecule has 0 aliphatic heterocycles. The molecule has 8 heteroatoms. The van der Waals surface area contributed by atoms with Gasteiger partial charge in [-0.3, -0.25) is 24.5 Å². The number of ketones is 1. The molecule has 0 bridgehead atoms. The average molecular weight is 260 g/mol. The van der Waals surface area contributed by atoms with Gasteiger partial charge in [-0.1, -0.05) is 0 Å². The number of amides is 3. The van der Waals surface area contributed by atoms with Gasteiger partial charge in [0.1, 0.15) is 5.88 Å². The number of halogens is 1. The van der Waals surface area contributed by atoms with Crippen molar-refractivity contribution < 1.29 is 19.2 Å². The number of alkyl halides is 1. The SMILES string of the molecule is NCC(=O)NCC(=O)C#CC(=O)NC(=O)CCl. The first-order valence-electron chi connectivity index (χ1n) is 4.41. The highest BCUT2D eigenvalue weighted by molar-refractivity contribution is 6.29. The van der Waals surface area contributed by atoms with Crippen LogP contribution >= 0.6 is 11.6 Å². The first kappa shape index (κ1) is 15.1. The molecule has 92 valence electrons. The molecule has 4 N–H and O–H groups in total. The minimum absolute atomic E-state index is 0.245. The van der Waals surface area contributed by atoms with Crippen LogP contribution in [0.3, 0.4) is 0 Å². The summed E-state index contributed by atoms with van der Waals surface area (Å²) in [7, 11) is 0. The molecular weight excluding hydrogens is 250 g/mol. The smallest absolute Gasteiger partial charge is 0.302 e. The number of nitrogens with one attached hydrogen (secondary N) is 2. The molecule has 0 atom stereocenters. The van der Waals surface area contributed by atoms with Crippen molar-refractivity contribution in [2.75, 3.05) is 19.0 Å². The first-order chi connectivity index (χ1) is 7.99. The van der Waals surface area contributed by atoms with Crippen molar-refractivity contribution in [3.05, 3.63) is 0 Å². The molecule has 0 saturated heterocycles. The Balaban J connectivity index is 4.08. The van der Waals surface area contributed by atoms with Crippen molar-refractivity contribution in [3.8, 4) is 11.8 Å². The van der Waals surface area contributed by atoms with Crippen LogP contribution < -0.4 is 16.4 Å². The van der Waals surface area contributed by atoms with Gasteiger partial charge in [-0.2, -0.15) is 0 Å². The summed E-state index contributed by atoms with van der Waals surface area (Å²) in [5, 5.41) is 3.99. The van der Waals surface area contributed by atoms with Crippen LogP contribution in [0.5, 0.6) is 0 Å². The fourth-order valence-corrected chi connectivity index (χ4v) is 0.680. The number of carbonyl (C=O) groups is 4. The maximum absolute atomic E-state index is 11.0. The van der Waals surface area contributed by atoms with Crippen LogP contribution in [-0.4, -0.2) is 42.5 Å². The maximum Gasteiger partial charge on any atom is 0.302 e. The van der Waals surface area contributed by atoms with Gasteiger partial charge >= 0.3 is 5.91 Å². The Morgan fingerprint density at radius 2 is 1.76 bits per heavy atom. The monoisotopic (exact) mass is 259 g/mol. The lowest BCUT2D eigenvalue weighted by molar-refractivity contribution is -0.126. The zero-order valence-electron chi connectivity index (χ0n) is 8.71. The third-order valence-electron chi connectivity index (χ3n) is 1.32. The molecule has 0 aromatic rings. The Bertz CT molecular complexity index is 397. The highest BCUT2D eigenvalue weighted by atomic mass is 35.5. The lowest BCUT2D eigenvalue weighted by atomic mass is 10.3. The lowest BCUT2D eigenvalue weighted by Gasteiger charge is -1.97. The summed E-state index contributed by atoms with van der Waals surface area (Å²) in [4.78, 5) is 43.2. The summed E-state index contributed by atoms with van der Waals surface area (Å²) in [5.74, 6) is 0.595. The molecule has 17 heavy (non-hydrogen) atoms. The van der Waals surface area contributed by atoms with Gasteiger partial charge in [0, 0.05) is 5.92 Å². The zero-order valence-corrected chi connectivity index (χ0v) is 9.47. The molecule has 0 aromatic carbocycles. The topological polar surface area (TPSA) is 118 Å². The van der Waals surface area contributed by atoms with Crippen molar-refractivity contribution in [1.29, 1.82) is 0 Å². The van der Waals surface area contributed by atoms with Gasteiger partial charge < -0.3 is 11.1 Å². The van der Waals surface area contributed by atoms with E-state index in [1.165, 1.54) is 0 Å². The van der Waals surface area contributed by atoms with E-state index in [1.807, 2.05) is 17.2 Å². The predicted molar refractivity (Wildman–Crippen MR) is 58.7 cm³/mol. The number of hydrogen-bond acceptors (Lipinski definition) is 5. The number of nitrogens with two attached hydrogens (primary N) is 1. The highest BCUT2D eigenvalue weighted by Gasteiger charge is 2.04. The summed E-state index contributed by atoms with van der Waals surface area (Å²) in [5.41, 5.74) is 4.98. The van der Waals surface area contributed by atoms with Crippen LogP contribution in [0.25, 0.3) is 0 Å². The molecule has 0 heterocycles. The van der Waals surface area contributed by atoms with Crippen LogP contribution in [0.4, 0.5) is 0 Å². The molecule has 0 aliphatic carbocycles. The van der Waals surface area contributed by atoms with E-state index in [-0.39, 0.29) is 19.0 Å². The Morgan fingerprint density at radius 3 is 2.29 bits per heavy atom. The molecular formula is C9H10ClN3O4. The molecule has 0 rings (SSSR count). The van der Waals surface area contributed by atoms with E-state index in [2.05, 4.69) is 5.32 Å². The average Bonchev–Trinajstić information content (AvgIpc) is 2.32. The molecule has 0 spiro atoms. The number of imide groups is 1. The third-order valence-corrected chi connectivity index (χ3v) is 1.56. The van der Waals surface area contributed by atoms with Gasteiger partial charge in [0.25, 0.3) is 0 Å². The summed E-state index contributed by atoms with van der Waals surface area (Å²) >= 11 is 5.12. The van der Waals surface area contributed by atoms with E-state index in [1.54, 1.807) is 0 Å². The Morgan fingerprint density at radius 1 is 1.12 bits per heavy atom. The van der Waals surface area contributed by atoms with Crippen molar-refractivity contribution in [2.24, 2.45) is 5.73 Å². The normalized spacial score (nSPS) is 8.59. The van der Waals surface area contributed by atoms with E-state index >= 15 is 0 Å². The Hall–Kier alpha value is -1.91. The van der Waals surface area contributed by atoms with Gasteiger partial charge in [0.05, 0.1) is 13.1 Å². The summed E-state index contributed by atoms with van der Waals surface area (Å²) in [6, 6.07) is 0. The maximum atomic E-state index is 11.0. The summed E-state index contributed by atoms with van der Waals surface area (Å²) in [6.45, 7) is -0.592. The standard InChI is InChI=1S/C9H10ClN3O4/c10-3-8(16)13-7(15)2-1-6(14)5-12-9(17)4-11/h3-5,11H2,(H,12,17)(H,13,15,16). The minimum Gasteiger partial charge on any atom is -0.347 e. The summed E-state index contributed by atoms with van der Waals surface area (Å²) < 4.78 is 0. The van der Waals surface area contributed by atoms with Gasteiger partial charge in [0.15, 0.2) is 0 Å². The van der Waals surface area contributed by atoms with Crippen molar-refractivity contribution in [2.45, 2.75) is 0 Å². The second-order valence-corrected chi connectivity index (χ2v) is 2.93. The van der Waals surface area contributed by atoms with Crippen molar-refractivity contribution in [3.63, 3.8) is 0 Å². The predicted octanol–water partition coefficient (Wildman–Crippen LogP) is -2.48. The molecule has 0 radical (unpaired) electrons. The lowest BCUT2D eigenvalue weighted by Crippen LogP contribution is -2.34. The fourth-order valence-electron chi connectivity index (χ4n) is 0.613. The molecule has 0 aliphatic rings. The first-order valence-corrected chi connectivity index (χ1v) is 4.94. The number of hydrogen-bond donors (Lipinski definition) is 3. The fraction of sp³-hybridized carbons (Fsp3) is 0.333. The van der Waals surface area contributed by atoms with Gasteiger partial charge in [0.2, 0.25) is 17.6 Å². The number of Topliss-reactive ketones (excluding diaryl/α,β-unsaturated/α-hetero) is 1. The van der Waals surface area contributed by atoms with Gasteiger partial charge in [-0.25, -0.2) is 0 Å². The van der Waals surface area contributed by atoms with Crippen molar-refractivity contribution in [1.82, 2.24) is 10.6 Å². The minimum atomic E-state index is -0.936. The molecule has 3 amide bonds. The van der Waals surface area contributed by atoms with Crippen LogP contribution in [0.2, 0.25) is 0 Å². The highest BCUT2D eigenvalue weighted by Crippen LogP contribution is 1.74. The van der Waals surface area contributed by atoms with E-state index in [0.29, 0.717) is 0 Å². The Kier molecular flexibility index (Phi) is 7.34. The van der Waals surface area contributed by atoms with E-state index in [9.17, 15) is 19.2 Å². The number of carbonyl (C=O) groups excluding carboxylic acids is 4. The molecule has 7 nitrogen and oxygen atoms in total. The molecule has 0 fully saturated rings. The zero-order chi connectivity index (χ0) is 13.3. The van der Waals surface area contributed by atoms with Gasteiger partial charge in [-0.05, 0) is 5.92 Å². The molecule has 0 saturated carbocycles. The van der Waals surface area contributed by atoms with E-state index in [4.69, 9.17) is 17.3 Å². The second kappa shape index (κ2) is 8.27. The Labute approximate surface area is 102 Å². The molecule has 0 unspecified atom stereocenters. The van der Waals surface area contributed by atoms with E-state index < -0.39 is 23.5 Å².